The van der Waals surface area contributed by atoms with E-state index in [1.165, 1.54) is 23.1 Å². The Morgan fingerprint density at radius 3 is 2.75 bits per heavy atom. The van der Waals surface area contributed by atoms with Gasteiger partial charge >= 0.3 is 0 Å². The standard InChI is InChI=1S/C20H23ClN2O/c21-17-10-8-15(9-11-17)12-13-22-20(24)14-23-19-7-3-5-16-4-1-2-6-18(16)19/h1-2,4,6,8-11,19,23H,3,5,7,12-14H2,(H,22,24). The number of nitrogens with one attached hydrogen (secondary N) is 2. The van der Waals surface area contributed by atoms with Crippen molar-refractivity contribution in [3.05, 3.63) is 70.2 Å². The zero-order valence-electron chi connectivity index (χ0n) is 13.7. The smallest absolute Gasteiger partial charge is 0.233 e. The van der Waals surface area contributed by atoms with Gasteiger partial charge in [0.25, 0.3) is 0 Å². The Morgan fingerprint density at radius 2 is 1.92 bits per heavy atom. The Labute approximate surface area is 148 Å². The first-order valence-electron chi connectivity index (χ1n) is 8.55. The van der Waals surface area contributed by atoms with Crippen molar-refractivity contribution in [3.8, 4) is 0 Å². The zero-order chi connectivity index (χ0) is 16.8. The SMILES string of the molecule is O=C(CNC1CCCc2ccccc21)NCCc1ccc(Cl)cc1. The van der Waals surface area contributed by atoms with Gasteiger partial charge in [-0.1, -0.05) is 48.0 Å². The lowest BCUT2D eigenvalue weighted by Gasteiger charge is -2.26. The van der Waals surface area contributed by atoms with Crippen molar-refractivity contribution in [1.82, 2.24) is 10.6 Å². The molecule has 3 nitrogen and oxygen atoms in total. The first-order chi connectivity index (χ1) is 11.7. The van der Waals surface area contributed by atoms with Gasteiger partial charge in [0.15, 0.2) is 0 Å². The minimum absolute atomic E-state index is 0.0482. The van der Waals surface area contributed by atoms with Gasteiger partial charge in [-0.05, 0) is 54.5 Å². The van der Waals surface area contributed by atoms with Crippen LogP contribution in [-0.2, 0) is 17.6 Å². The number of rotatable bonds is 6. The molecule has 126 valence electrons. The Balaban J connectivity index is 1.42. The van der Waals surface area contributed by atoms with E-state index in [-0.39, 0.29) is 11.9 Å². The summed E-state index contributed by atoms with van der Waals surface area (Å²) in [5, 5.41) is 7.11. The zero-order valence-corrected chi connectivity index (χ0v) is 14.5. The van der Waals surface area contributed by atoms with Gasteiger partial charge in [0.2, 0.25) is 5.91 Å². The van der Waals surface area contributed by atoms with E-state index in [1.807, 2.05) is 24.3 Å². The second-order valence-electron chi connectivity index (χ2n) is 6.25. The summed E-state index contributed by atoms with van der Waals surface area (Å²) in [6.45, 7) is 1.00. The number of amides is 1. The highest BCUT2D eigenvalue weighted by Gasteiger charge is 2.19. The predicted molar refractivity (Wildman–Crippen MR) is 98.3 cm³/mol. The molecule has 2 aromatic rings. The molecule has 2 N–H and O–H groups in total. The highest BCUT2D eigenvalue weighted by Crippen LogP contribution is 2.29. The summed E-state index contributed by atoms with van der Waals surface area (Å²) in [5.41, 5.74) is 3.93. The van der Waals surface area contributed by atoms with Gasteiger partial charge in [0.05, 0.1) is 6.54 Å². The van der Waals surface area contributed by atoms with Crippen LogP contribution in [0.15, 0.2) is 48.5 Å². The molecule has 0 saturated carbocycles. The third-order valence-electron chi connectivity index (χ3n) is 4.53. The second kappa shape index (κ2) is 8.32. The van der Waals surface area contributed by atoms with Crippen LogP contribution in [0.3, 0.4) is 0 Å². The molecule has 1 unspecified atom stereocenters. The largest absolute Gasteiger partial charge is 0.355 e. The Bertz CT molecular complexity index is 684. The number of carbonyl (C=O) groups is 1. The normalized spacial score (nSPS) is 16.5. The van der Waals surface area contributed by atoms with E-state index >= 15 is 0 Å². The maximum Gasteiger partial charge on any atom is 0.233 e. The Hall–Kier alpha value is -1.84. The molecule has 0 heterocycles. The summed E-state index contributed by atoms with van der Waals surface area (Å²) in [5.74, 6) is 0.0482. The van der Waals surface area contributed by atoms with Crippen LogP contribution >= 0.6 is 11.6 Å². The van der Waals surface area contributed by atoms with Crippen LogP contribution < -0.4 is 10.6 Å². The van der Waals surface area contributed by atoms with Crippen molar-refractivity contribution in [1.29, 1.82) is 0 Å². The highest BCUT2D eigenvalue weighted by atomic mass is 35.5. The quantitative estimate of drug-likeness (QED) is 0.841. The first kappa shape index (κ1) is 17.0. The first-order valence-corrected chi connectivity index (χ1v) is 8.92. The average molecular weight is 343 g/mol. The molecular formula is C20H23ClN2O. The lowest BCUT2D eigenvalue weighted by Crippen LogP contribution is -2.37. The molecule has 0 spiro atoms. The lowest BCUT2D eigenvalue weighted by atomic mass is 9.88. The topological polar surface area (TPSA) is 41.1 Å². The number of hydrogen-bond donors (Lipinski definition) is 2. The lowest BCUT2D eigenvalue weighted by molar-refractivity contribution is -0.120. The summed E-state index contributed by atoms with van der Waals surface area (Å²) < 4.78 is 0. The summed E-state index contributed by atoms with van der Waals surface area (Å²) in [7, 11) is 0. The van der Waals surface area contributed by atoms with E-state index in [9.17, 15) is 4.79 Å². The molecule has 1 amide bonds. The van der Waals surface area contributed by atoms with Crippen molar-refractivity contribution in [2.45, 2.75) is 31.7 Å². The van der Waals surface area contributed by atoms with Gasteiger partial charge in [-0.3, -0.25) is 4.79 Å². The van der Waals surface area contributed by atoms with Crippen molar-refractivity contribution >= 4 is 17.5 Å². The molecule has 1 atom stereocenters. The number of carbonyl (C=O) groups excluding carboxylic acids is 1. The van der Waals surface area contributed by atoms with Gasteiger partial charge < -0.3 is 10.6 Å². The maximum absolute atomic E-state index is 12.0. The number of aryl methyl sites for hydroxylation is 1. The summed E-state index contributed by atoms with van der Waals surface area (Å²) >= 11 is 5.87. The fourth-order valence-corrected chi connectivity index (χ4v) is 3.37. The van der Waals surface area contributed by atoms with Gasteiger partial charge in [-0.2, -0.15) is 0 Å². The second-order valence-corrected chi connectivity index (χ2v) is 6.69. The van der Waals surface area contributed by atoms with Crippen molar-refractivity contribution in [3.63, 3.8) is 0 Å². The average Bonchev–Trinajstić information content (AvgIpc) is 2.61. The predicted octanol–water partition coefficient (Wildman–Crippen LogP) is 3.67. The van der Waals surface area contributed by atoms with Crippen LogP contribution in [0.4, 0.5) is 0 Å². The molecule has 0 fully saturated rings. The van der Waals surface area contributed by atoms with Gasteiger partial charge in [0, 0.05) is 17.6 Å². The van der Waals surface area contributed by atoms with Crippen molar-refractivity contribution in [2.24, 2.45) is 0 Å². The molecule has 0 aromatic heterocycles. The summed E-state index contributed by atoms with van der Waals surface area (Å²) in [6, 6.07) is 16.5. The van der Waals surface area contributed by atoms with Crippen LogP contribution in [0.25, 0.3) is 0 Å². The molecule has 24 heavy (non-hydrogen) atoms. The van der Waals surface area contributed by atoms with E-state index in [2.05, 4.69) is 34.9 Å². The molecule has 0 saturated heterocycles. The Morgan fingerprint density at radius 1 is 1.12 bits per heavy atom. The summed E-state index contributed by atoms with van der Waals surface area (Å²) in [6.07, 6.45) is 4.22. The molecule has 1 aliphatic carbocycles. The van der Waals surface area contributed by atoms with E-state index in [0.717, 1.165) is 24.3 Å². The number of benzene rings is 2. The minimum Gasteiger partial charge on any atom is -0.355 e. The van der Waals surface area contributed by atoms with E-state index in [4.69, 9.17) is 11.6 Å². The van der Waals surface area contributed by atoms with Crippen molar-refractivity contribution < 1.29 is 4.79 Å². The molecule has 3 rings (SSSR count). The molecule has 0 bridgehead atoms. The van der Waals surface area contributed by atoms with E-state index in [0.29, 0.717) is 13.1 Å². The van der Waals surface area contributed by atoms with Crippen LogP contribution in [0.5, 0.6) is 0 Å². The Kier molecular flexibility index (Phi) is 5.89. The fourth-order valence-electron chi connectivity index (χ4n) is 3.24. The molecule has 0 aliphatic heterocycles. The van der Waals surface area contributed by atoms with Crippen LogP contribution in [0.1, 0.15) is 35.6 Å². The number of halogens is 1. The number of fused-ring (bicyclic) bond motifs is 1. The highest BCUT2D eigenvalue weighted by molar-refractivity contribution is 6.30. The fraction of sp³-hybridized carbons (Fsp3) is 0.350. The van der Waals surface area contributed by atoms with Crippen LogP contribution in [-0.4, -0.2) is 19.0 Å². The molecule has 0 radical (unpaired) electrons. The maximum atomic E-state index is 12.0. The van der Waals surface area contributed by atoms with Gasteiger partial charge in [-0.25, -0.2) is 0 Å². The molecule has 1 aliphatic rings. The van der Waals surface area contributed by atoms with E-state index < -0.39 is 0 Å². The van der Waals surface area contributed by atoms with Crippen LogP contribution in [0.2, 0.25) is 5.02 Å². The third-order valence-corrected chi connectivity index (χ3v) is 4.78. The molecule has 2 aromatic carbocycles. The third kappa shape index (κ3) is 4.59. The van der Waals surface area contributed by atoms with Gasteiger partial charge in [0.1, 0.15) is 0 Å². The van der Waals surface area contributed by atoms with Crippen molar-refractivity contribution in [2.75, 3.05) is 13.1 Å². The number of hydrogen-bond acceptors (Lipinski definition) is 2. The molecular weight excluding hydrogens is 320 g/mol. The minimum atomic E-state index is 0.0482. The monoisotopic (exact) mass is 342 g/mol. The summed E-state index contributed by atoms with van der Waals surface area (Å²) in [4.78, 5) is 12.0. The van der Waals surface area contributed by atoms with Gasteiger partial charge in [-0.15, -0.1) is 0 Å². The van der Waals surface area contributed by atoms with Crippen LogP contribution in [0, 0.1) is 0 Å². The van der Waals surface area contributed by atoms with E-state index in [1.54, 1.807) is 0 Å². The molecule has 4 heteroatoms.